The molecule has 0 aliphatic heterocycles. The van der Waals surface area contributed by atoms with Gasteiger partial charge >= 0.3 is 18.9 Å². The van der Waals surface area contributed by atoms with E-state index in [1.807, 2.05) is 38.1 Å². The zero-order chi connectivity index (χ0) is 15.4. The van der Waals surface area contributed by atoms with E-state index in [9.17, 15) is 4.79 Å². The van der Waals surface area contributed by atoms with Gasteiger partial charge in [0.15, 0.2) is 5.52 Å². The third-order valence-corrected chi connectivity index (χ3v) is 4.40. The van der Waals surface area contributed by atoms with Crippen molar-refractivity contribution in [3.8, 4) is 5.75 Å². The summed E-state index contributed by atoms with van der Waals surface area (Å²) in [5, 5.41) is 1.70. The Labute approximate surface area is 154 Å². The molecule has 0 aliphatic rings. The molecule has 0 amide bonds. The van der Waals surface area contributed by atoms with Crippen LogP contribution in [0.2, 0.25) is 10.0 Å². The summed E-state index contributed by atoms with van der Waals surface area (Å²) < 4.78 is 5.57. The fraction of sp³-hybridized carbons (Fsp3) is 0.188. The molecule has 6 heteroatoms. The van der Waals surface area contributed by atoms with Gasteiger partial charge < -0.3 is 4.74 Å². The molecule has 0 N–H and O–H groups in total. The van der Waals surface area contributed by atoms with Crippen LogP contribution in [-0.4, -0.2) is 30.5 Å². The van der Waals surface area contributed by atoms with E-state index in [1.54, 1.807) is 18.2 Å². The first-order valence-corrected chi connectivity index (χ1v) is 8.25. The second-order valence-electron chi connectivity index (χ2n) is 4.74. The molecule has 0 aromatic heterocycles. The number of benzene rings is 2. The van der Waals surface area contributed by atoms with Gasteiger partial charge in [-0.25, -0.2) is 0 Å². The summed E-state index contributed by atoms with van der Waals surface area (Å²) in [7, 11) is -0.0226. The molecule has 1 atom stereocenters. The van der Waals surface area contributed by atoms with Gasteiger partial charge in [-0.2, -0.15) is 0 Å². The van der Waals surface area contributed by atoms with Gasteiger partial charge in [0.2, 0.25) is 0 Å². The second kappa shape index (κ2) is 8.97. The molecule has 0 fully saturated rings. The molecule has 0 spiro atoms. The summed E-state index contributed by atoms with van der Waals surface area (Å²) in [5.41, 5.74) is 0.324. The van der Waals surface area contributed by atoms with Crippen molar-refractivity contribution in [3.63, 3.8) is 0 Å². The van der Waals surface area contributed by atoms with Gasteiger partial charge in [-0.05, 0) is 52.0 Å². The molecular weight excluding hydrogens is 333 g/mol. The zero-order valence-corrected chi connectivity index (χ0v) is 14.2. The fourth-order valence-corrected chi connectivity index (χ4v) is 3.51. The van der Waals surface area contributed by atoms with Gasteiger partial charge in [-0.15, -0.1) is 0 Å². The molecule has 0 aliphatic carbocycles. The number of carbonyl (C=O) groups is 1. The van der Waals surface area contributed by atoms with E-state index >= 15 is 0 Å². The Morgan fingerprint density at radius 3 is 2.09 bits per heavy atom. The van der Waals surface area contributed by atoms with E-state index in [0.29, 0.717) is 15.6 Å². The average Bonchev–Trinajstić information content (AvgIpc) is 2.40. The van der Waals surface area contributed by atoms with E-state index in [4.69, 9.17) is 27.9 Å². The molecule has 112 valence electrons. The summed E-state index contributed by atoms with van der Waals surface area (Å²) in [6.45, 7) is 3.94. The van der Waals surface area contributed by atoms with Crippen LogP contribution in [-0.2, 0) is 0 Å². The first kappa shape index (κ1) is 19.6. The van der Waals surface area contributed by atoms with Crippen molar-refractivity contribution in [1.29, 1.82) is 0 Å². The zero-order valence-electron chi connectivity index (χ0n) is 11.7. The Hall–Kier alpha value is -0.483. The number of carbonyl (C=O) groups excluding carboxylic acids is 1. The number of hydrogen-bond donors (Lipinski definition) is 0. The molecule has 0 saturated carbocycles. The normalized spacial score (nSPS) is 10.8. The van der Waals surface area contributed by atoms with Crippen LogP contribution in [0.5, 0.6) is 5.75 Å². The van der Waals surface area contributed by atoms with Gasteiger partial charge in [0.05, 0.1) is 21.7 Å². The first-order chi connectivity index (χ1) is 9.97. The van der Waals surface area contributed by atoms with Gasteiger partial charge in [0.1, 0.15) is 5.75 Å². The molecule has 22 heavy (non-hydrogen) atoms. The van der Waals surface area contributed by atoms with Crippen LogP contribution in [0.25, 0.3) is 0 Å². The van der Waals surface area contributed by atoms with Crippen molar-refractivity contribution in [2.45, 2.75) is 20.0 Å². The Balaban J connectivity index is 0.00000242. The summed E-state index contributed by atoms with van der Waals surface area (Å²) in [5.74, 6) is 0.793. The number of rotatable bonds is 5. The van der Waals surface area contributed by atoms with Gasteiger partial charge in [-0.1, -0.05) is 41.4 Å². The molecular formula is C16H16Cl2LiO2P. The third kappa shape index (κ3) is 5.31. The first-order valence-electron chi connectivity index (χ1n) is 6.49. The van der Waals surface area contributed by atoms with E-state index < -0.39 is 0 Å². The maximum absolute atomic E-state index is 12.3. The van der Waals surface area contributed by atoms with Gasteiger partial charge in [-0.3, -0.25) is 4.79 Å². The van der Waals surface area contributed by atoms with Gasteiger partial charge in [0, 0.05) is 0 Å². The van der Waals surface area contributed by atoms with Crippen molar-refractivity contribution in [2.75, 3.05) is 0 Å². The number of hydrogen-bond acceptors (Lipinski definition) is 2. The van der Waals surface area contributed by atoms with Gasteiger partial charge in [0.25, 0.3) is 0 Å². The molecule has 2 rings (SSSR count). The predicted molar refractivity (Wildman–Crippen MR) is 98.1 cm³/mol. The minimum absolute atomic E-state index is 0. The molecule has 2 aromatic carbocycles. The molecule has 0 bridgehead atoms. The van der Waals surface area contributed by atoms with Crippen molar-refractivity contribution >= 4 is 61.5 Å². The monoisotopic (exact) mass is 348 g/mol. The topological polar surface area (TPSA) is 26.3 Å². The summed E-state index contributed by atoms with van der Waals surface area (Å²) in [6, 6.07) is 12.6. The predicted octanol–water partition coefficient (Wildman–Crippen LogP) is 4.28. The molecule has 0 radical (unpaired) electrons. The Bertz CT molecular complexity index is 625. The summed E-state index contributed by atoms with van der Waals surface area (Å²) >= 11 is 12.1. The van der Waals surface area contributed by atoms with E-state index in [0.717, 1.165) is 11.1 Å². The maximum atomic E-state index is 12.3. The van der Waals surface area contributed by atoms with Crippen molar-refractivity contribution in [3.05, 3.63) is 58.1 Å². The van der Waals surface area contributed by atoms with Crippen LogP contribution in [0, 0.1) is 0 Å². The summed E-state index contributed by atoms with van der Waals surface area (Å²) in [4.78, 5) is 12.3. The molecule has 0 heterocycles. The van der Waals surface area contributed by atoms with Crippen molar-refractivity contribution in [1.82, 2.24) is 0 Å². The summed E-state index contributed by atoms with van der Waals surface area (Å²) in [6.07, 6.45) is 0.127. The average molecular weight is 349 g/mol. The van der Waals surface area contributed by atoms with E-state index in [1.165, 1.54) is 0 Å². The van der Waals surface area contributed by atoms with Crippen molar-refractivity contribution < 1.29 is 9.53 Å². The molecule has 0 saturated heterocycles. The standard InChI is InChI=1S/C16H15Cl2O2P.Li.H/c1-10(2)20-11-6-8-12(9-7-11)21-16(19)15-13(17)4-3-5-14(15)18;;/h3-10,21H,1-2H3;;. The molecule has 2 nitrogen and oxygen atoms in total. The van der Waals surface area contributed by atoms with Crippen LogP contribution < -0.4 is 10.0 Å². The van der Waals surface area contributed by atoms with Crippen LogP contribution >= 0.6 is 31.8 Å². The minimum atomic E-state index is -0.0665. The Morgan fingerprint density at radius 1 is 1.05 bits per heavy atom. The SMILES string of the molecule is CC(C)Oc1ccc(PC(=O)c2c(Cl)cccc2Cl)cc1.[LiH]. The van der Waals surface area contributed by atoms with Crippen LogP contribution in [0.1, 0.15) is 24.2 Å². The van der Waals surface area contributed by atoms with Crippen LogP contribution in [0.3, 0.4) is 0 Å². The van der Waals surface area contributed by atoms with Crippen LogP contribution in [0.15, 0.2) is 42.5 Å². The Kier molecular flexibility index (Phi) is 7.98. The second-order valence-corrected chi connectivity index (χ2v) is 6.84. The fourth-order valence-electron chi connectivity index (χ4n) is 1.80. The molecule has 2 aromatic rings. The van der Waals surface area contributed by atoms with E-state index in [-0.39, 0.29) is 39.1 Å². The third-order valence-electron chi connectivity index (χ3n) is 2.67. The number of halogens is 2. The van der Waals surface area contributed by atoms with Crippen LogP contribution in [0.4, 0.5) is 0 Å². The molecule has 1 unspecified atom stereocenters. The van der Waals surface area contributed by atoms with Crippen molar-refractivity contribution in [2.24, 2.45) is 0 Å². The quantitative estimate of drug-likeness (QED) is 0.595. The van der Waals surface area contributed by atoms with E-state index in [2.05, 4.69) is 0 Å². The Morgan fingerprint density at radius 2 is 1.59 bits per heavy atom. The number of ether oxygens (including phenoxy) is 1.